The van der Waals surface area contributed by atoms with Crippen molar-refractivity contribution in [3.8, 4) is 0 Å². The Bertz CT molecular complexity index is 856. The maximum atomic E-state index is 12.3. The predicted octanol–water partition coefficient (Wildman–Crippen LogP) is 2.00. The van der Waals surface area contributed by atoms with E-state index in [-0.39, 0.29) is 22.0 Å². The van der Waals surface area contributed by atoms with Gasteiger partial charge in [-0.05, 0) is 17.7 Å². The summed E-state index contributed by atoms with van der Waals surface area (Å²) in [6.45, 7) is -0.208. The second-order valence-corrected chi connectivity index (χ2v) is 7.08. The Balaban J connectivity index is 1.97. The van der Waals surface area contributed by atoms with Gasteiger partial charge in [0.2, 0.25) is 0 Å². The summed E-state index contributed by atoms with van der Waals surface area (Å²) in [5.74, 6) is -0.612. The fourth-order valence-corrected chi connectivity index (χ4v) is 4.37. The number of rotatable bonds is 3. The van der Waals surface area contributed by atoms with Crippen LogP contribution < -0.4 is 0 Å². The van der Waals surface area contributed by atoms with E-state index in [0.717, 1.165) is 15.6 Å². The van der Waals surface area contributed by atoms with Crippen molar-refractivity contribution in [2.75, 3.05) is 0 Å². The van der Waals surface area contributed by atoms with Crippen LogP contribution in [0.4, 0.5) is 5.00 Å². The van der Waals surface area contributed by atoms with E-state index in [9.17, 15) is 23.3 Å². The highest BCUT2D eigenvalue weighted by Crippen LogP contribution is 2.32. The van der Waals surface area contributed by atoms with E-state index in [1.165, 1.54) is 23.6 Å². The number of hydrogen-bond donors (Lipinski definition) is 0. The zero-order chi connectivity index (χ0) is 15.2. The molecule has 1 amide bonds. The molecule has 2 aromatic rings. The lowest BCUT2D eigenvalue weighted by atomic mass is 10.2. The Morgan fingerprint density at radius 1 is 1.29 bits per heavy atom. The lowest BCUT2D eigenvalue weighted by Gasteiger charge is -2.13. The Morgan fingerprint density at radius 3 is 2.62 bits per heavy atom. The molecule has 0 bridgehead atoms. The number of nitro groups is 1. The van der Waals surface area contributed by atoms with Gasteiger partial charge in [0.1, 0.15) is 4.90 Å². The number of benzene rings is 1. The number of fused-ring (bicyclic) bond motifs is 1. The van der Waals surface area contributed by atoms with Crippen LogP contribution in [-0.2, 0) is 16.6 Å². The van der Waals surface area contributed by atoms with E-state index >= 15 is 0 Å². The van der Waals surface area contributed by atoms with Crippen molar-refractivity contribution >= 4 is 32.3 Å². The van der Waals surface area contributed by atoms with Gasteiger partial charge >= 0.3 is 5.00 Å². The van der Waals surface area contributed by atoms with Gasteiger partial charge in [-0.25, -0.2) is 12.7 Å². The summed E-state index contributed by atoms with van der Waals surface area (Å²) in [7, 11) is -3.89. The summed E-state index contributed by atoms with van der Waals surface area (Å²) in [6, 6.07) is 7.23. The number of thiophene rings is 1. The highest BCUT2D eigenvalue weighted by Gasteiger charge is 2.40. The summed E-state index contributed by atoms with van der Waals surface area (Å²) in [4.78, 5) is 22.2. The van der Waals surface area contributed by atoms with Crippen molar-refractivity contribution in [1.29, 1.82) is 0 Å². The molecule has 3 rings (SSSR count). The molecular weight excluding hydrogens is 316 g/mol. The fourth-order valence-electron chi connectivity index (χ4n) is 2.09. The van der Waals surface area contributed by atoms with Crippen molar-refractivity contribution in [3.05, 3.63) is 57.0 Å². The standard InChI is InChI=1S/C12H8N2O5S2/c15-12-9-3-1-2-4-10(9)21(18,19)13(12)6-8-5-11(14(16)17)20-7-8/h1-5,7H,6H2. The fraction of sp³-hybridized carbons (Fsp3) is 0.0833. The molecule has 1 aliphatic heterocycles. The molecule has 0 atom stereocenters. The Labute approximate surface area is 123 Å². The molecule has 21 heavy (non-hydrogen) atoms. The molecule has 0 saturated heterocycles. The summed E-state index contributed by atoms with van der Waals surface area (Å²) in [5.41, 5.74) is 0.540. The molecule has 7 nitrogen and oxygen atoms in total. The van der Waals surface area contributed by atoms with Crippen molar-refractivity contribution in [1.82, 2.24) is 4.31 Å². The minimum atomic E-state index is -3.89. The first-order valence-electron chi connectivity index (χ1n) is 5.79. The molecule has 0 saturated carbocycles. The molecule has 0 fully saturated rings. The van der Waals surface area contributed by atoms with E-state index < -0.39 is 20.9 Å². The largest absolute Gasteiger partial charge is 0.324 e. The van der Waals surface area contributed by atoms with Gasteiger partial charge in [-0.1, -0.05) is 23.5 Å². The van der Waals surface area contributed by atoms with Gasteiger partial charge in [-0.3, -0.25) is 14.9 Å². The topological polar surface area (TPSA) is 97.6 Å². The highest BCUT2D eigenvalue weighted by atomic mass is 32.2. The van der Waals surface area contributed by atoms with Crippen LogP contribution in [0.2, 0.25) is 0 Å². The van der Waals surface area contributed by atoms with Crippen molar-refractivity contribution < 1.29 is 18.1 Å². The molecule has 0 spiro atoms. The first kappa shape index (κ1) is 13.7. The average Bonchev–Trinajstić information content (AvgIpc) is 2.98. The summed E-state index contributed by atoms with van der Waals surface area (Å²) in [6.07, 6.45) is 0. The van der Waals surface area contributed by atoms with Crippen molar-refractivity contribution in [2.45, 2.75) is 11.4 Å². The van der Waals surface area contributed by atoms with Gasteiger partial charge in [0.15, 0.2) is 0 Å². The molecule has 0 radical (unpaired) electrons. The van der Waals surface area contributed by atoms with E-state index in [4.69, 9.17) is 0 Å². The van der Waals surface area contributed by atoms with Gasteiger partial charge in [-0.2, -0.15) is 0 Å². The summed E-state index contributed by atoms with van der Waals surface area (Å²) < 4.78 is 25.4. The summed E-state index contributed by atoms with van der Waals surface area (Å²) in [5, 5.41) is 12.0. The number of carbonyl (C=O) groups excluding carboxylic acids is 1. The minimum absolute atomic E-state index is 0.0280. The second-order valence-electron chi connectivity index (χ2n) is 4.36. The lowest BCUT2D eigenvalue weighted by molar-refractivity contribution is -0.380. The third kappa shape index (κ3) is 2.10. The highest BCUT2D eigenvalue weighted by molar-refractivity contribution is 7.90. The zero-order valence-corrected chi connectivity index (χ0v) is 12.1. The number of sulfonamides is 1. The second kappa shape index (κ2) is 4.64. The Hall–Kier alpha value is -2.26. The first-order valence-corrected chi connectivity index (χ1v) is 8.11. The van der Waals surface area contributed by atoms with Crippen LogP contribution in [0.1, 0.15) is 15.9 Å². The molecule has 0 unspecified atom stereocenters. The van der Waals surface area contributed by atoms with Gasteiger partial charge in [0.05, 0.1) is 17.0 Å². The number of hydrogen-bond acceptors (Lipinski definition) is 6. The smallest absolute Gasteiger partial charge is 0.268 e. The molecule has 2 heterocycles. The molecule has 1 aliphatic rings. The lowest BCUT2D eigenvalue weighted by Crippen LogP contribution is -2.29. The molecule has 0 N–H and O–H groups in total. The molecule has 1 aromatic heterocycles. The number of nitrogens with zero attached hydrogens (tertiary/aromatic N) is 2. The molecule has 9 heteroatoms. The van der Waals surface area contributed by atoms with Crippen molar-refractivity contribution in [2.24, 2.45) is 0 Å². The van der Waals surface area contributed by atoms with Gasteiger partial charge in [0, 0.05) is 11.4 Å². The van der Waals surface area contributed by atoms with Crippen LogP contribution in [0.25, 0.3) is 0 Å². The third-order valence-corrected chi connectivity index (χ3v) is 5.77. The minimum Gasteiger partial charge on any atom is -0.268 e. The summed E-state index contributed by atoms with van der Waals surface area (Å²) >= 11 is 0.894. The Morgan fingerprint density at radius 2 is 2.00 bits per heavy atom. The maximum absolute atomic E-state index is 12.3. The molecule has 1 aromatic carbocycles. The van der Waals surface area contributed by atoms with Crippen LogP contribution in [-0.4, -0.2) is 23.6 Å². The quantitative estimate of drug-likeness (QED) is 0.635. The third-order valence-electron chi connectivity index (χ3n) is 3.06. The van der Waals surface area contributed by atoms with Crippen LogP contribution >= 0.6 is 11.3 Å². The van der Waals surface area contributed by atoms with Crippen LogP contribution in [0.15, 0.2) is 40.6 Å². The maximum Gasteiger partial charge on any atom is 0.324 e. The van der Waals surface area contributed by atoms with E-state index in [1.54, 1.807) is 12.1 Å². The van der Waals surface area contributed by atoms with Crippen molar-refractivity contribution in [3.63, 3.8) is 0 Å². The average molecular weight is 324 g/mol. The molecule has 108 valence electrons. The van der Waals surface area contributed by atoms with Gasteiger partial charge < -0.3 is 0 Å². The molecule has 0 aliphatic carbocycles. The zero-order valence-electron chi connectivity index (χ0n) is 10.4. The van der Waals surface area contributed by atoms with Gasteiger partial charge in [-0.15, -0.1) is 0 Å². The van der Waals surface area contributed by atoms with Gasteiger partial charge in [0.25, 0.3) is 15.9 Å². The number of carbonyl (C=O) groups is 1. The van der Waals surface area contributed by atoms with Crippen LogP contribution in [0.5, 0.6) is 0 Å². The number of amides is 1. The normalized spacial score (nSPS) is 16.0. The van der Waals surface area contributed by atoms with Crippen LogP contribution in [0, 0.1) is 10.1 Å². The van der Waals surface area contributed by atoms with E-state index in [1.807, 2.05) is 0 Å². The van der Waals surface area contributed by atoms with Crippen LogP contribution in [0.3, 0.4) is 0 Å². The first-order chi connectivity index (χ1) is 9.91. The predicted molar refractivity (Wildman–Crippen MR) is 74.5 cm³/mol. The van der Waals surface area contributed by atoms with E-state index in [2.05, 4.69) is 0 Å². The monoisotopic (exact) mass is 324 g/mol. The van der Waals surface area contributed by atoms with E-state index in [0.29, 0.717) is 5.56 Å². The SMILES string of the molecule is O=C1c2ccccc2S(=O)(=O)N1Cc1csc([N+](=O)[O-])c1. The Kier molecular flexibility index (Phi) is 3.03. The molecular formula is C12H8N2O5S2.